The lowest BCUT2D eigenvalue weighted by atomic mass is 9.96. The van der Waals surface area contributed by atoms with Crippen LogP contribution in [0, 0.1) is 5.92 Å². The van der Waals surface area contributed by atoms with E-state index in [-0.39, 0.29) is 6.10 Å². The zero-order valence-electron chi connectivity index (χ0n) is 6.00. The minimum absolute atomic E-state index is 0.235. The van der Waals surface area contributed by atoms with Gasteiger partial charge in [-0.15, -0.1) is 0 Å². The first kappa shape index (κ1) is 7.03. The lowest BCUT2D eigenvalue weighted by molar-refractivity contribution is -0.0762. The van der Waals surface area contributed by atoms with E-state index in [0.717, 1.165) is 6.42 Å². The van der Waals surface area contributed by atoms with Crippen molar-refractivity contribution in [2.45, 2.75) is 32.5 Å². The lowest BCUT2D eigenvalue weighted by Gasteiger charge is -2.28. The van der Waals surface area contributed by atoms with Crippen LogP contribution in [0.15, 0.2) is 0 Å². The minimum atomic E-state index is -0.235. The molecular formula is C7H14O2. The summed E-state index contributed by atoms with van der Waals surface area (Å²) in [6.07, 6.45) is 1.09. The third-order valence-electron chi connectivity index (χ3n) is 1.91. The first-order valence-corrected chi connectivity index (χ1v) is 3.50. The van der Waals surface area contributed by atoms with Crippen molar-refractivity contribution in [1.82, 2.24) is 0 Å². The quantitative estimate of drug-likeness (QED) is 0.525. The van der Waals surface area contributed by atoms with E-state index >= 15 is 0 Å². The fourth-order valence-electron chi connectivity index (χ4n) is 1.18. The largest absolute Gasteiger partial charge is 0.390 e. The maximum atomic E-state index is 9.17. The Morgan fingerprint density at radius 3 is 2.56 bits per heavy atom. The minimum Gasteiger partial charge on any atom is -0.390 e. The summed E-state index contributed by atoms with van der Waals surface area (Å²) in [6, 6.07) is 0. The van der Waals surface area contributed by atoms with Crippen LogP contribution in [0.25, 0.3) is 0 Å². The van der Waals surface area contributed by atoms with E-state index in [4.69, 9.17) is 4.74 Å². The van der Waals surface area contributed by atoms with Gasteiger partial charge in [0.2, 0.25) is 0 Å². The van der Waals surface area contributed by atoms with Crippen molar-refractivity contribution in [1.29, 1.82) is 0 Å². The standard InChI is InChI=1S/C7H14O2/c1-5-3-6(2)9-4-7(5)8/h5-8H,3-4H2,1-2H3. The Kier molecular flexibility index (Phi) is 2.09. The Hall–Kier alpha value is -0.0800. The molecule has 54 valence electrons. The Bertz CT molecular complexity index is 92.9. The fourth-order valence-corrected chi connectivity index (χ4v) is 1.18. The third kappa shape index (κ3) is 1.66. The number of hydrogen-bond acceptors (Lipinski definition) is 2. The summed E-state index contributed by atoms with van der Waals surface area (Å²) in [6.45, 7) is 4.62. The van der Waals surface area contributed by atoms with Gasteiger partial charge in [-0.2, -0.15) is 0 Å². The topological polar surface area (TPSA) is 29.5 Å². The molecule has 0 spiro atoms. The Labute approximate surface area is 55.8 Å². The highest BCUT2D eigenvalue weighted by Crippen LogP contribution is 2.18. The van der Waals surface area contributed by atoms with Crippen LogP contribution in [0.5, 0.6) is 0 Å². The van der Waals surface area contributed by atoms with Gasteiger partial charge in [-0.05, 0) is 19.3 Å². The van der Waals surface area contributed by atoms with Crippen LogP contribution in [0.2, 0.25) is 0 Å². The zero-order valence-corrected chi connectivity index (χ0v) is 6.00. The molecule has 0 saturated carbocycles. The molecule has 0 aromatic rings. The molecule has 0 aromatic heterocycles. The van der Waals surface area contributed by atoms with E-state index in [1.165, 1.54) is 0 Å². The highest BCUT2D eigenvalue weighted by atomic mass is 16.5. The van der Waals surface area contributed by atoms with Crippen molar-refractivity contribution >= 4 is 0 Å². The SMILES string of the molecule is CC1CC(C)C(O)CO1. The normalized spacial score (nSPS) is 45.0. The van der Waals surface area contributed by atoms with Crippen LogP contribution in [0.3, 0.4) is 0 Å². The molecule has 0 aromatic carbocycles. The van der Waals surface area contributed by atoms with Crippen LogP contribution in [-0.4, -0.2) is 23.9 Å². The van der Waals surface area contributed by atoms with Gasteiger partial charge in [-0.25, -0.2) is 0 Å². The number of hydrogen-bond donors (Lipinski definition) is 1. The molecule has 3 atom stereocenters. The summed E-state index contributed by atoms with van der Waals surface area (Å²) in [5.74, 6) is 0.411. The predicted molar refractivity (Wildman–Crippen MR) is 35.2 cm³/mol. The summed E-state index contributed by atoms with van der Waals surface area (Å²) in [5, 5.41) is 9.17. The molecule has 1 N–H and O–H groups in total. The van der Waals surface area contributed by atoms with Gasteiger partial charge in [0, 0.05) is 0 Å². The summed E-state index contributed by atoms with van der Waals surface area (Å²) < 4.78 is 5.21. The second-order valence-electron chi connectivity index (χ2n) is 2.92. The van der Waals surface area contributed by atoms with Gasteiger partial charge >= 0.3 is 0 Å². The molecule has 2 heteroatoms. The van der Waals surface area contributed by atoms with Gasteiger partial charge in [0.05, 0.1) is 18.8 Å². The summed E-state index contributed by atoms with van der Waals surface area (Å²) in [4.78, 5) is 0. The molecule has 1 heterocycles. The number of aliphatic hydroxyl groups is 1. The van der Waals surface area contributed by atoms with Gasteiger partial charge in [-0.3, -0.25) is 0 Å². The second kappa shape index (κ2) is 2.67. The van der Waals surface area contributed by atoms with E-state index in [9.17, 15) is 5.11 Å². The molecule has 0 radical (unpaired) electrons. The molecule has 9 heavy (non-hydrogen) atoms. The molecule has 1 fully saturated rings. The van der Waals surface area contributed by atoms with Crippen molar-refractivity contribution in [3.05, 3.63) is 0 Å². The van der Waals surface area contributed by atoms with E-state index in [2.05, 4.69) is 6.92 Å². The highest BCUT2D eigenvalue weighted by molar-refractivity contribution is 4.72. The van der Waals surface area contributed by atoms with Gasteiger partial charge in [0.25, 0.3) is 0 Å². The monoisotopic (exact) mass is 130 g/mol. The predicted octanol–water partition coefficient (Wildman–Crippen LogP) is 0.792. The molecule has 1 aliphatic heterocycles. The van der Waals surface area contributed by atoms with Crippen molar-refractivity contribution < 1.29 is 9.84 Å². The third-order valence-corrected chi connectivity index (χ3v) is 1.91. The lowest BCUT2D eigenvalue weighted by Crippen LogP contribution is -2.34. The number of ether oxygens (including phenoxy) is 1. The molecule has 1 aliphatic rings. The average molecular weight is 130 g/mol. The van der Waals surface area contributed by atoms with Crippen LogP contribution in [0.1, 0.15) is 20.3 Å². The molecule has 3 unspecified atom stereocenters. The van der Waals surface area contributed by atoms with Gasteiger partial charge in [-0.1, -0.05) is 6.92 Å². The molecule has 0 aliphatic carbocycles. The Morgan fingerprint density at radius 2 is 2.11 bits per heavy atom. The van der Waals surface area contributed by atoms with E-state index in [1.54, 1.807) is 0 Å². The van der Waals surface area contributed by atoms with Crippen molar-refractivity contribution in [2.24, 2.45) is 5.92 Å². The van der Waals surface area contributed by atoms with Crippen molar-refractivity contribution in [3.63, 3.8) is 0 Å². The first-order chi connectivity index (χ1) is 4.20. The van der Waals surface area contributed by atoms with Crippen molar-refractivity contribution in [2.75, 3.05) is 6.61 Å². The van der Waals surface area contributed by atoms with E-state index in [1.807, 2.05) is 6.92 Å². The number of rotatable bonds is 0. The van der Waals surface area contributed by atoms with Gasteiger partial charge in [0.1, 0.15) is 0 Å². The van der Waals surface area contributed by atoms with Crippen LogP contribution < -0.4 is 0 Å². The molecule has 2 nitrogen and oxygen atoms in total. The second-order valence-corrected chi connectivity index (χ2v) is 2.92. The zero-order chi connectivity index (χ0) is 6.85. The first-order valence-electron chi connectivity index (χ1n) is 3.50. The average Bonchev–Trinajstić information content (AvgIpc) is 1.80. The van der Waals surface area contributed by atoms with Gasteiger partial charge in [0.15, 0.2) is 0 Å². The van der Waals surface area contributed by atoms with E-state index in [0.29, 0.717) is 18.6 Å². The summed E-state index contributed by atoms with van der Waals surface area (Å²) in [5.41, 5.74) is 0. The van der Waals surface area contributed by atoms with Crippen molar-refractivity contribution in [3.8, 4) is 0 Å². The summed E-state index contributed by atoms with van der Waals surface area (Å²) >= 11 is 0. The fraction of sp³-hybridized carbons (Fsp3) is 1.00. The maximum absolute atomic E-state index is 9.17. The molecule has 1 rings (SSSR count). The summed E-state index contributed by atoms with van der Waals surface area (Å²) in [7, 11) is 0. The Balaban J connectivity index is 2.35. The smallest absolute Gasteiger partial charge is 0.0800 e. The maximum Gasteiger partial charge on any atom is 0.0800 e. The molecule has 0 bridgehead atoms. The highest BCUT2D eigenvalue weighted by Gasteiger charge is 2.23. The van der Waals surface area contributed by atoms with Crippen LogP contribution in [0.4, 0.5) is 0 Å². The van der Waals surface area contributed by atoms with E-state index < -0.39 is 0 Å². The van der Waals surface area contributed by atoms with Crippen LogP contribution in [-0.2, 0) is 4.74 Å². The van der Waals surface area contributed by atoms with Gasteiger partial charge < -0.3 is 9.84 Å². The number of aliphatic hydroxyl groups excluding tert-OH is 1. The molecule has 1 saturated heterocycles. The van der Waals surface area contributed by atoms with Crippen LogP contribution >= 0.6 is 0 Å². The molecular weight excluding hydrogens is 116 g/mol. The Morgan fingerprint density at radius 1 is 1.44 bits per heavy atom. The molecule has 0 amide bonds.